The zero-order chi connectivity index (χ0) is 12.3. The van der Waals surface area contributed by atoms with Gasteiger partial charge in [0.25, 0.3) is 0 Å². The van der Waals surface area contributed by atoms with E-state index < -0.39 is 0 Å². The second-order valence-electron chi connectivity index (χ2n) is 3.78. The molecule has 3 heteroatoms. The van der Waals surface area contributed by atoms with Crippen molar-refractivity contribution in [3.05, 3.63) is 64.7 Å². The molecule has 0 aliphatic heterocycles. The van der Waals surface area contributed by atoms with E-state index in [4.69, 9.17) is 22.1 Å². The first-order valence-electron chi connectivity index (χ1n) is 5.36. The molecule has 0 radical (unpaired) electrons. The Kier molecular flexibility index (Phi) is 3.67. The van der Waals surface area contributed by atoms with Crippen LogP contribution in [0.1, 0.15) is 17.2 Å². The number of rotatable bonds is 3. The number of benzene rings is 2. The van der Waals surface area contributed by atoms with Gasteiger partial charge in [0.2, 0.25) is 0 Å². The molecular weight excluding hydrogens is 234 g/mol. The number of nitrogens with two attached hydrogens (primary N) is 1. The van der Waals surface area contributed by atoms with Crippen LogP contribution in [-0.4, -0.2) is 7.11 Å². The second-order valence-corrected chi connectivity index (χ2v) is 4.18. The van der Waals surface area contributed by atoms with Crippen LogP contribution in [0.15, 0.2) is 48.5 Å². The molecule has 0 saturated heterocycles. The molecule has 0 aliphatic rings. The Hall–Kier alpha value is -1.51. The highest BCUT2D eigenvalue weighted by atomic mass is 35.5. The van der Waals surface area contributed by atoms with Gasteiger partial charge in [0.05, 0.1) is 13.2 Å². The molecule has 2 aromatic rings. The third kappa shape index (κ3) is 2.60. The van der Waals surface area contributed by atoms with Crippen molar-refractivity contribution in [2.75, 3.05) is 7.11 Å². The fraction of sp³-hybridized carbons (Fsp3) is 0.143. The fourth-order valence-electron chi connectivity index (χ4n) is 1.74. The van der Waals surface area contributed by atoms with E-state index in [1.807, 2.05) is 48.5 Å². The molecule has 2 rings (SSSR count). The van der Waals surface area contributed by atoms with Crippen molar-refractivity contribution in [3.8, 4) is 5.75 Å². The van der Waals surface area contributed by atoms with Crippen LogP contribution in [0, 0.1) is 0 Å². The summed E-state index contributed by atoms with van der Waals surface area (Å²) in [5, 5.41) is 0.683. The van der Waals surface area contributed by atoms with Crippen LogP contribution in [-0.2, 0) is 0 Å². The number of methoxy groups -OCH3 is 1. The SMILES string of the molecule is COc1cccc(C(N)c2ccccc2Cl)c1. The van der Waals surface area contributed by atoms with Gasteiger partial charge in [-0.25, -0.2) is 0 Å². The lowest BCUT2D eigenvalue weighted by Gasteiger charge is -2.14. The maximum absolute atomic E-state index is 6.20. The highest BCUT2D eigenvalue weighted by Gasteiger charge is 2.12. The minimum atomic E-state index is -0.237. The maximum atomic E-state index is 6.20. The zero-order valence-electron chi connectivity index (χ0n) is 9.56. The zero-order valence-corrected chi connectivity index (χ0v) is 10.3. The number of hydrogen-bond donors (Lipinski definition) is 1. The Morgan fingerprint density at radius 2 is 1.88 bits per heavy atom. The van der Waals surface area contributed by atoms with Gasteiger partial charge in [-0.2, -0.15) is 0 Å². The third-order valence-electron chi connectivity index (χ3n) is 2.69. The normalized spacial score (nSPS) is 12.2. The van der Waals surface area contributed by atoms with Gasteiger partial charge in [-0.3, -0.25) is 0 Å². The Morgan fingerprint density at radius 3 is 2.59 bits per heavy atom. The van der Waals surface area contributed by atoms with Crippen molar-refractivity contribution in [2.45, 2.75) is 6.04 Å². The third-order valence-corrected chi connectivity index (χ3v) is 3.04. The quantitative estimate of drug-likeness (QED) is 0.902. The van der Waals surface area contributed by atoms with E-state index >= 15 is 0 Å². The van der Waals surface area contributed by atoms with Crippen LogP contribution >= 0.6 is 11.6 Å². The van der Waals surface area contributed by atoms with E-state index in [1.165, 1.54) is 0 Å². The van der Waals surface area contributed by atoms with E-state index in [2.05, 4.69) is 0 Å². The fourth-order valence-corrected chi connectivity index (χ4v) is 2.00. The first-order valence-corrected chi connectivity index (χ1v) is 5.74. The van der Waals surface area contributed by atoms with E-state index in [9.17, 15) is 0 Å². The van der Waals surface area contributed by atoms with Gasteiger partial charge in [-0.05, 0) is 29.3 Å². The lowest BCUT2D eigenvalue weighted by molar-refractivity contribution is 0.414. The molecular formula is C14H14ClNO. The summed E-state index contributed by atoms with van der Waals surface area (Å²) < 4.78 is 5.18. The van der Waals surface area contributed by atoms with Gasteiger partial charge in [0.1, 0.15) is 5.75 Å². The van der Waals surface area contributed by atoms with Crippen molar-refractivity contribution in [1.82, 2.24) is 0 Å². The molecule has 0 aromatic heterocycles. The predicted octanol–water partition coefficient (Wildman–Crippen LogP) is 3.40. The molecule has 1 unspecified atom stereocenters. The molecule has 17 heavy (non-hydrogen) atoms. The summed E-state index contributed by atoms with van der Waals surface area (Å²) in [6.45, 7) is 0. The van der Waals surface area contributed by atoms with Crippen LogP contribution < -0.4 is 10.5 Å². The summed E-state index contributed by atoms with van der Waals surface area (Å²) in [6.07, 6.45) is 0. The van der Waals surface area contributed by atoms with E-state index in [0.717, 1.165) is 16.9 Å². The monoisotopic (exact) mass is 247 g/mol. The van der Waals surface area contributed by atoms with Crippen molar-refractivity contribution in [1.29, 1.82) is 0 Å². The van der Waals surface area contributed by atoms with Gasteiger partial charge in [-0.1, -0.05) is 41.9 Å². The van der Waals surface area contributed by atoms with Gasteiger partial charge in [0.15, 0.2) is 0 Å². The molecule has 0 fully saturated rings. The molecule has 0 saturated carbocycles. The lowest BCUT2D eigenvalue weighted by atomic mass is 9.99. The topological polar surface area (TPSA) is 35.2 Å². The van der Waals surface area contributed by atoms with E-state index in [1.54, 1.807) is 7.11 Å². The molecule has 0 heterocycles. The number of halogens is 1. The summed E-state index contributed by atoms with van der Waals surface area (Å²) in [4.78, 5) is 0. The molecule has 0 spiro atoms. The summed E-state index contributed by atoms with van der Waals surface area (Å²) >= 11 is 6.13. The largest absolute Gasteiger partial charge is 0.497 e. The Bertz CT molecular complexity index is 513. The molecule has 2 nitrogen and oxygen atoms in total. The van der Waals surface area contributed by atoms with E-state index in [-0.39, 0.29) is 6.04 Å². The maximum Gasteiger partial charge on any atom is 0.119 e. The highest BCUT2D eigenvalue weighted by Crippen LogP contribution is 2.27. The Balaban J connectivity index is 2.37. The predicted molar refractivity (Wildman–Crippen MR) is 70.5 cm³/mol. The second kappa shape index (κ2) is 5.21. The molecule has 2 aromatic carbocycles. The van der Waals surface area contributed by atoms with Gasteiger partial charge in [0, 0.05) is 5.02 Å². The van der Waals surface area contributed by atoms with Crippen LogP contribution in [0.5, 0.6) is 5.75 Å². The van der Waals surface area contributed by atoms with Gasteiger partial charge >= 0.3 is 0 Å². The number of hydrogen-bond acceptors (Lipinski definition) is 2. The van der Waals surface area contributed by atoms with Gasteiger partial charge < -0.3 is 10.5 Å². The number of ether oxygens (including phenoxy) is 1. The van der Waals surface area contributed by atoms with Crippen LogP contribution in [0.4, 0.5) is 0 Å². The molecule has 1 atom stereocenters. The van der Waals surface area contributed by atoms with Gasteiger partial charge in [-0.15, -0.1) is 0 Å². The first kappa shape index (κ1) is 12.0. The molecule has 0 amide bonds. The minimum Gasteiger partial charge on any atom is -0.497 e. The standard InChI is InChI=1S/C14H14ClNO/c1-17-11-6-4-5-10(9-11)14(16)12-7-2-3-8-13(12)15/h2-9,14H,16H2,1H3. The van der Waals surface area contributed by atoms with Crippen LogP contribution in [0.2, 0.25) is 5.02 Å². The molecule has 0 aliphatic carbocycles. The summed E-state index contributed by atoms with van der Waals surface area (Å²) in [5.41, 5.74) is 8.10. The van der Waals surface area contributed by atoms with Crippen LogP contribution in [0.3, 0.4) is 0 Å². The minimum absolute atomic E-state index is 0.237. The average molecular weight is 248 g/mol. The van der Waals surface area contributed by atoms with Crippen LogP contribution in [0.25, 0.3) is 0 Å². The lowest BCUT2D eigenvalue weighted by Crippen LogP contribution is -2.12. The van der Waals surface area contributed by atoms with Crippen molar-refractivity contribution < 1.29 is 4.74 Å². The average Bonchev–Trinajstić information content (AvgIpc) is 2.38. The molecule has 2 N–H and O–H groups in total. The summed E-state index contributed by atoms with van der Waals surface area (Å²) in [6, 6.07) is 15.1. The van der Waals surface area contributed by atoms with Crippen molar-refractivity contribution in [2.24, 2.45) is 5.73 Å². The Morgan fingerprint density at radius 1 is 1.12 bits per heavy atom. The first-order chi connectivity index (χ1) is 8.22. The summed E-state index contributed by atoms with van der Waals surface area (Å²) in [7, 11) is 1.64. The van der Waals surface area contributed by atoms with E-state index in [0.29, 0.717) is 5.02 Å². The van der Waals surface area contributed by atoms with Crippen molar-refractivity contribution >= 4 is 11.6 Å². The molecule has 0 bridgehead atoms. The summed E-state index contributed by atoms with van der Waals surface area (Å²) in [5.74, 6) is 0.796. The van der Waals surface area contributed by atoms with Crippen molar-refractivity contribution in [3.63, 3.8) is 0 Å². The molecule has 88 valence electrons. The highest BCUT2D eigenvalue weighted by molar-refractivity contribution is 6.31. The smallest absolute Gasteiger partial charge is 0.119 e. The Labute approximate surface area is 106 Å².